The average molecular weight is 412 g/mol. The van der Waals surface area contributed by atoms with Crippen LogP contribution in [0, 0.1) is 12.7 Å². The quantitative estimate of drug-likeness (QED) is 0.697. The van der Waals surface area contributed by atoms with Crippen molar-refractivity contribution in [1.82, 2.24) is 0 Å². The SMILES string of the molecule is Cc1cc(N2C=C(C(=O)O)[C@H](c3ccc(F)cc3)CC2=O)c([C@@H](C)O)cc1C(N)=O. The van der Waals surface area contributed by atoms with Gasteiger partial charge in [0.2, 0.25) is 11.8 Å². The van der Waals surface area contributed by atoms with Crippen molar-refractivity contribution in [3.63, 3.8) is 0 Å². The van der Waals surface area contributed by atoms with E-state index < -0.39 is 35.6 Å². The Morgan fingerprint density at radius 1 is 1.23 bits per heavy atom. The molecule has 7 nitrogen and oxygen atoms in total. The third-order valence-electron chi connectivity index (χ3n) is 5.16. The fraction of sp³-hybridized carbons (Fsp3) is 0.227. The van der Waals surface area contributed by atoms with E-state index in [0.717, 1.165) is 0 Å². The smallest absolute Gasteiger partial charge is 0.333 e. The summed E-state index contributed by atoms with van der Waals surface area (Å²) in [6.07, 6.45) is 0.0230. The summed E-state index contributed by atoms with van der Waals surface area (Å²) in [6.45, 7) is 3.10. The highest BCUT2D eigenvalue weighted by Gasteiger charge is 2.34. The molecule has 0 unspecified atom stereocenters. The Kier molecular flexibility index (Phi) is 5.71. The molecule has 30 heavy (non-hydrogen) atoms. The number of carboxylic acids is 1. The number of nitrogens with zero attached hydrogens (tertiary/aromatic N) is 1. The number of carboxylic acid groups (broad SMARTS) is 1. The molecule has 2 aromatic carbocycles. The molecule has 0 fully saturated rings. The number of nitrogens with two attached hydrogens (primary N) is 1. The largest absolute Gasteiger partial charge is 0.478 e. The number of aliphatic carboxylic acids is 1. The summed E-state index contributed by atoms with van der Waals surface area (Å²) in [5.41, 5.74) is 7.06. The molecule has 3 rings (SSSR count). The Morgan fingerprint density at radius 2 is 1.87 bits per heavy atom. The van der Waals surface area contributed by atoms with E-state index in [1.807, 2.05) is 0 Å². The van der Waals surface area contributed by atoms with E-state index in [9.17, 15) is 29.0 Å². The number of halogens is 1. The van der Waals surface area contributed by atoms with Crippen LogP contribution in [0.15, 0.2) is 48.2 Å². The van der Waals surface area contributed by atoms with Crippen LogP contribution in [0.25, 0.3) is 0 Å². The van der Waals surface area contributed by atoms with Gasteiger partial charge in [-0.15, -0.1) is 0 Å². The Labute approximate surface area is 172 Å². The topological polar surface area (TPSA) is 121 Å². The highest BCUT2D eigenvalue weighted by Crippen LogP contribution is 2.38. The molecule has 1 heterocycles. The lowest BCUT2D eigenvalue weighted by atomic mass is 9.85. The molecule has 1 aliphatic heterocycles. The van der Waals surface area contributed by atoms with Gasteiger partial charge in [-0.1, -0.05) is 12.1 Å². The molecule has 0 spiro atoms. The molecule has 0 bridgehead atoms. The van der Waals surface area contributed by atoms with Gasteiger partial charge in [-0.05, 0) is 49.2 Å². The number of amides is 2. The van der Waals surface area contributed by atoms with Crippen LogP contribution in [0.4, 0.5) is 10.1 Å². The van der Waals surface area contributed by atoms with Gasteiger partial charge in [0, 0.05) is 29.7 Å². The summed E-state index contributed by atoms with van der Waals surface area (Å²) in [5, 5.41) is 19.9. The monoisotopic (exact) mass is 412 g/mol. The molecule has 8 heteroatoms. The van der Waals surface area contributed by atoms with Crippen molar-refractivity contribution in [2.75, 3.05) is 4.90 Å². The van der Waals surface area contributed by atoms with Crippen molar-refractivity contribution in [3.05, 3.63) is 76.2 Å². The second-order valence-electron chi connectivity index (χ2n) is 7.23. The Hall–Kier alpha value is -3.52. The molecular weight excluding hydrogens is 391 g/mol. The van der Waals surface area contributed by atoms with Crippen molar-refractivity contribution < 1.29 is 29.0 Å². The lowest BCUT2D eigenvalue weighted by Gasteiger charge is -2.31. The van der Waals surface area contributed by atoms with Gasteiger partial charge < -0.3 is 15.9 Å². The fourth-order valence-electron chi connectivity index (χ4n) is 3.60. The van der Waals surface area contributed by atoms with Crippen LogP contribution in [-0.4, -0.2) is 28.0 Å². The van der Waals surface area contributed by atoms with Crippen LogP contribution in [-0.2, 0) is 9.59 Å². The molecule has 0 saturated heterocycles. The van der Waals surface area contributed by atoms with Gasteiger partial charge in [-0.25, -0.2) is 9.18 Å². The lowest BCUT2D eigenvalue weighted by Crippen LogP contribution is -2.35. The molecule has 2 aromatic rings. The number of carbonyl (C=O) groups excluding carboxylic acids is 2. The third kappa shape index (κ3) is 3.95. The van der Waals surface area contributed by atoms with Crippen molar-refractivity contribution in [1.29, 1.82) is 0 Å². The van der Waals surface area contributed by atoms with E-state index in [0.29, 0.717) is 11.1 Å². The summed E-state index contributed by atoms with van der Waals surface area (Å²) >= 11 is 0. The lowest BCUT2D eigenvalue weighted by molar-refractivity contribution is -0.133. The maximum absolute atomic E-state index is 13.3. The van der Waals surface area contributed by atoms with E-state index in [-0.39, 0.29) is 28.8 Å². The van der Waals surface area contributed by atoms with Crippen LogP contribution in [0.5, 0.6) is 0 Å². The molecule has 4 N–H and O–H groups in total. The van der Waals surface area contributed by atoms with Crippen LogP contribution in [0.1, 0.15) is 52.4 Å². The Morgan fingerprint density at radius 3 is 2.40 bits per heavy atom. The van der Waals surface area contributed by atoms with Crippen molar-refractivity contribution >= 4 is 23.5 Å². The second-order valence-corrected chi connectivity index (χ2v) is 7.23. The predicted molar refractivity (Wildman–Crippen MR) is 107 cm³/mol. The molecule has 1 aliphatic rings. The van der Waals surface area contributed by atoms with E-state index in [1.165, 1.54) is 54.4 Å². The summed E-state index contributed by atoms with van der Waals surface area (Å²) in [7, 11) is 0. The number of hydrogen-bond acceptors (Lipinski definition) is 4. The summed E-state index contributed by atoms with van der Waals surface area (Å²) in [5.74, 6) is -3.50. The number of primary amides is 1. The molecule has 0 aromatic heterocycles. The molecule has 0 radical (unpaired) electrons. The van der Waals surface area contributed by atoms with Gasteiger partial charge in [-0.2, -0.15) is 0 Å². The number of aryl methyl sites for hydroxylation is 1. The second kappa shape index (κ2) is 8.08. The summed E-state index contributed by atoms with van der Waals surface area (Å²) in [6, 6.07) is 8.26. The standard InChI is InChI=1S/C22H21FN2O5/c1-11-7-19(16(12(2)26)8-15(11)21(24)28)25-10-18(22(29)30)17(9-20(25)27)13-3-5-14(23)6-4-13/h3-8,10,12,17,26H,9H2,1-2H3,(H2,24,28)(H,29,30)/t12-,17+/m1/s1. The molecule has 0 aliphatic carbocycles. The molecule has 2 atom stereocenters. The number of hydrogen-bond donors (Lipinski definition) is 3. The van der Waals surface area contributed by atoms with E-state index >= 15 is 0 Å². The predicted octanol–water partition coefficient (Wildman–Crippen LogP) is 2.78. The van der Waals surface area contributed by atoms with Crippen LogP contribution < -0.4 is 10.6 Å². The zero-order valence-corrected chi connectivity index (χ0v) is 16.4. The first-order valence-electron chi connectivity index (χ1n) is 9.25. The van der Waals surface area contributed by atoms with Crippen molar-refractivity contribution in [3.8, 4) is 0 Å². The highest BCUT2D eigenvalue weighted by atomic mass is 19.1. The van der Waals surface area contributed by atoms with Crippen LogP contribution >= 0.6 is 0 Å². The first kappa shape index (κ1) is 21.2. The molecular formula is C22H21FN2O5. The first-order valence-corrected chi connectivity index (χ1v) is 9.25. The van der Waals surface area contributed by atoms with E-state index in [2.05, 4.69) is 0 Å². The molecule has 2 amide bonds. The minimum Gasteiger partial charge on any atom is -0.478 e. The third-order valence-corrected chi connectivity index (χ3v) is 5.16. The van der Waals surface area contributed by atoms with Crippen LogP contribution in [0.3, 0.4) is 0 Å². The zero-order valence-electron chi connectivity index (χ0n) is 16.4. The number of aliphatic hydroxyl groups is 1. The molecule has 0 saturated carbocycles. The maximum atomic E-state index is 13.3. The summed E-state index contributed by atoms with van der Waals surface area (Å²) < 4.78 is 13.3. The molecule has 156 valence electrons. The zero-order chi connectivity index (χ0) is 22.2. The number of anilines is 1. The number of aliphatic hydroxyl groups excluding tert-OH is 1. The highest BCUT2D eigenvalue weighted by molar-refractivity contribution is 6.03. The van der Waals surface area contributed by atoms with E-state index in [4.69, 9.17) is 5.73 Å². The maximum Gasteiger partial charge on any atom is 0.333 e. The number of benzene rings is 2. The van der Waals surface area contributed by atoms with Gasteiger partial charge >= 0.3 is 5.97 Å². The van der Waals surface area contributed by atoms with Gasteiger partial charge in [0.15, 0.2) is 0 Å². The minimum absolute atomic E-state index is 0.0469. The van der Waals surface area contributed by atoms with Gasteiger partial charge in [-0.3, -0.25) is 14.5 Å². The van der Waals surface area contributed by atoms with Crippen LogP contribution in [0.2, 0.25) is 0 Å². The van der Waals surface area contributed by atoms with Gasteiger partial charge in [0.1, 0.15) is 5.82 Å². The normalized spacial score (nSPS) is 17.5. The van der Waals surface area contributed by atoms with E-state index in [1.54, 1.807) is 6.92 Å². The summed E-state index contributed by atoms with van der Waals surface area (Å²) in [4.78, 5) is 37.7. The van der Waals surface area contributed by atoms with Gasteiger partial charge in [0.25, 0.3) is 0 Å². The number of rotatable bonds is 5. The van der Waals surface area contributed by atoms with Crippen molar-refractivity contribution in [2.45, 2.75) is 32.3 Å². The first-order chi connectivity index (χ1) is 14.1. The number of carbonyl (C=O) groups is 3. The van der Waals surface area contributed by atoms with Gasteiger partial charge in [0.05, 0.1) is 17.4 Å². The van der Waals surface area contributed by atoms with Crippen molar-refractivity contribution in [2.24, 2.45) is 5.73 Å². The fourth-order valence-corrected chi connectivity index (χ4v) is 3.60. The minimum atomic E-state index is -1.22. The Balaban J connectivity index is 2.14. The average Bonchev–Trinajstić information content (AvgIpc) is 2.67. The Bertz CT molecular complexity index is 1060.